The molecule has 312 valence electrons. The van der Waals surface area contributed by atoms with Crippen LogP contribution in [0.4, 0.5) is 5.69 Å². The zero-order chi connectivity index (χ0) is 41.3. The molecule has 4 aliphatic carbocycles. The van der Waals surface area contributed by atoms with Gasteiger partial charge >= 0.3 is 0 Å². The minimum absolute atomic E-state index is 0.303. The smallest absolute Gasteiger partial charge is 0.0672 e. The van der Waals surface area contributed by atoms with E-state index >= 15 is 0 Å². The highest BCUT2D eigenvalue weighted by atomic mass is 15.3. The highest BCUT2D eigenvalue weighted by Gasteiger charge is 2.47. The largest absolute Gasteiger partial charge is 0.362 e. The molecule has 7 aliphatic rings. The fourth-order valence-electron chi connectivity index (χ4n) is 12.6. The Morgan fingerprint density at radius 1 is 0.492 bits per heavy atom. The summed E-state index contributed by atoms with van der Waals surface area (Å²) in [6.45, 7) is 8.09. The first-order valence-corrected chi connectivity index (χ1v) is 23.7. The molecule has 2 bridgehead atoms. The number of fused-ring (bicyclic) bond motifs is 11. The van der Waals surface area contributed by atoms with Crippen molar-refractivity contribution in [3.8, 4) is 0 Å². The molecule has 13 rings (SSSR count). The van der Waals surface area contributed by atoms with Gasteiger partial charge in [0, 0.05) is 49.1 Å². The molecule has 0 spiro atoms. The van der Waals surface area contributed by atoms with Crippen LogP contribution in [0.2, 0.25) is 0 Å². The average molecular weight is 804 g/mol. The molecule has 0 saturated carbocycles. The van der Waals surface area contributed by atoms with Gasteiger partial charge in [-0.1, -0.05) is 166 Å². The third-order valence-electron chi connectivity index (χ3n) is 15.6. The maximum Gasteiger partial charge on any atom is 0.0672 e. The molecule has 0 radical (unpaired) electrons. The Morgan fingerprint density at radius 2 is 1.02 bits per heavy atom. The van der Waals surface area contributed by atoms with Crippen LogP contribution in [0.25, 0.3) is 0 Å². The molecule has 2 saturated heterocycles. The van der Waals surface area contributed by atoms with E-state index in [0.29, 0.717) is 29.2 Å². The van der Waals surface area contributed by atoms with Gasteiger partial charge in [-0.05, 0) is 132 Å². The standard InChI is InChI=1S/C21H24.C19H21N.C18H20N2/c1-2-3-8-14-21-15-13-16(17-9-4-6-11-19(17)21)18-10-5-7-12-20(18)21;1-20-11-10-18-16-8-4-2-6-14(16)12-15-7-3-5-9-17(15)19(18)13-20;1-19-10-11-20-17-9-5-3-7-15(17)12-14-6-2-4-8-16(14)18(20)13-19/h4-7,9-12,16H,2-3,8,13-15H2,1H3;2-9,18-19H,10-13H2,1H3;2-9,18H,10-13H2,1H3. The summed E-state index contributed by atoms with van der Waals surface area (Å²) < 4.78 is 0. The summed E-state index contributed by atoms with van der Waals surface area (Å²) in [5, 5.41) is 0. The minimum atomic E-state index is 0.303. The second-order valence-corrected chi connectivity index (χ2v) is 19.1. The Kier molecular flexibility index (Phi) is 11.5. The SMILES string of the molecule is CCCCCC12CCC(c3ccccc31)c1ccccc12.CN1CCC2c3ccccc3Cc3ccccc3C2C1.CN1CCN2c3ccccc3Cc3ccccc3C2C1. The molecule has 3 heterocycles. The number of benzene rings is 6. The van der Waals surface area contributed by atoms with Gasteiger partial charge in [0.2, 0.25) is 0 Å². The van der Waals surface area contributed by atoms with Gasteiger partial charge in [0.25, 0.3) is 0 Å². The molecule has 3 heteroatoms. The predicted molar refractivity (Wildman–Crippen MR) is 255 cm³/mol. The molecule has 3 unspecified atom stereocenters. The summed E-state index contributed by atoms with van der Waals surface area (Å²) in [4.78, 5) is 7.55. The Morgan fingerprint density at radius 3 is 1.69 bits per heavy atom. The zero-order valence-electron chi connectivity index (χ0n) is 36.9. The molecule has 6 aromatic carbocycles. The summed E-state index contributed by atoms with van der Waals surface area (Å²) >= 11 is 0. The van der Waals surface area contributed by atoms with Gasteiger partial charge in [-0.25, -0.2) is 0 Å². The van der Waals surface area contributed by atoms with Gasteiger partial charge in [-0.3, -0.25) is 0 Å². The molecule has 0 N–H and O–H groups in total. The van der Waals surface area contributed by atoms with Crippen LogP contribution in [0.5, 0.6) is 0 Å². The van der Waals surface area contributed by atoms with Crippen molar-refractivity contribution >= 4 is 5.69 Å². The monoisotopic (exact) mass is 804 g/mol. The average Bonchev–Trinajstić information content (AvgIpc) is 3.54. The molecule has 6 aromatic rings. The van der Waals surface area contributed by atoms with Crippen LogP contribution in [-0.4, -0.2) is 56.6 Å². The number of likely N-dealkylation sites (N-methyl/N-ethyl adjacent to an activating group) is 2. The number of hydrogen-bond acceptors (Lipinski definition) is 3. The number of nitrogens with zero attached hydrogens (tertiary/aromatic N) is 3. The molecule has 61 heavy (non-hydrogen) atoms. The normalized spacial score (nSPS) is 24.1. The molecular weight excluding hydrogens is 739 g/mol. The summed E-state index contributed by atoms with van der Waals surface area (Å²) in [6.07, 6.45) is 11.5. The number of hydrogen-bond donors (Lipinski definition) is 0. The van der Waals surface area contributed by atoms with Crippen LogP contribution in [-0.2, 0) is 18.3 Å². The number of para-hydroxylation sites is 1. The van der Waals surface area contributed by atoms with E-state index in [4.69, 9.17) is 0 Å². The number of unbranched alkanes of at least 4 members (excludes halogenated alkanes) is 2. The molecule has 3 aliphatic heterocycles. The van der Waals surface area contributed by atoms with Crippen LogP contribution >= 0.6 is 0 Å². The number of anilines is 1. The topological polar surface area (TPSA) is 9.72 Å². The number of piperazine rings is 1. The van der Waals surface area contributed by atoms with Crippen LogP contribution in [0.3, 0.4) is 0 Å². The van der Waals surface area contributed by atoms with Gasteiger partial charge in [-0.2, -0.15) is 0 Å². The van der Waals surface area contributed by atoms with Crippen molar-refractivity contribution in [3.63, 3.8) is 0 Å². The maximum absolute atomic E-state index is 2.61. The summed E-state index contributed by atoms with van der Waals surface area (Å²) in [6, 6.07) is 55.0. The number of likely N-dealkylation sites (tertiary alicyclic amines) is 1. The highest BCUT2D eigenvalue weighted by Crippen LogP contribution is 2.58. The lowest BCUT2D eigenvalue weighted by atomic mass is 9.54. The second-order valence-electron chi connectivity index (χ2n) is 19.1. The third-order valence-corrected chi connectivity index (χ3v) is 15.6. The minimum Gasteiger partial charge on any atom is -0.362 e. The van der Waals surface area contributed by atoms with Crippen LogP contribution in [0, 0.1) is 0 Å². The van der Waals surface area contributed by atoms with Gasteiger partial charge in [0.15, 0.2) is 0 Å². The van der Waals surface area contributed by atoms with Crippen LogP contribution in [0.15, 0.2) is 146 Å². The fourth-order valence-corrected chi connectivity index (χ4v) is 12.6. The zero-order valence-corrected chi connectivity index (χ0v) is 36.9. The summed E-state index contributed by atoms with van der Waals surface area (Å²) in [5.41, 5.74) is 18.9. The molecule has 2 fully saturated rings. The van der Waals surface area contributed by atoms with Crippen molar-refractivity contribution in [1.82, 2.24) is 9.80 Å². The van der Waals surface area contributed by atoms with Gasteiger partial charge in [-0.15, -0.1) is 0 Å². The fraction of sp³-hybridized carbons (Fsp3) is 0.379. The quantitative estimate of drug-likeness (QED) is 0.164. The van der Waals surface area contributed by atoms with Crippen LogP contribution in [0.1, 0.15) is 137 Å². The van der Waals surface area contributed by atoms with E-state index in [-0.39, 0.29) is 0 Å². The first-order chi connectivity index (χ1) is 30.0. The van der Waals surface area contributed by atoms with Crippen molar-refractivity contribution < 1.29 is 0 Å². The van der Waals surface area contributed by atoms with E-state index in [1.165, 1.54) is 91.5 Å². The molecule has 0 aromatic heterocycles. The Balaban J connectivity index is 0.000000110. The Bertz CT molecular complexity index is 2300. The lowest BCUT2D eigenvalue weighted by Crippen LogP contribution is -2.46. The molecular formula is C58H65N3. The maximum atomic E-state index is 2.61. The Hall–Kier alpha value is -4.96. The molecule has 3 nitrogen and oxygen atoms in total. The van der Waals surface area contributed by atoms with Crippen LogP contribution < -0.4 is 4.90 Å². The predicted octanol–water partition coefficient (Wildman–Crippen LogP) is 12.7. The van der Waals surface area contributed by atoms with E-state index in [0.717, 1.165) is 32.5 Å². The summed E-state index contributed by atoms with van der Waals surface area (Å²) in [5.74, 6) is 2.00. The second kappa shape index (κ2) is 17.4. The first-order valence-electron chi connectivity index (χ1n) is 23.7. The van der Waals surface area contributed by atoms with Crippen molar-refractivity contribution in [2.75, 3.05) is 51.7 Å². The van der Waals surface area contributed by atoms with Gasteiger partial charge < -0.3 is 14.7 Å². The molecule has 0 amide bonds. The van der Waals surface area contributed by atoms with Crippen molar-refractivity contribution in [2.24, 2.45) is 0 Å². The van der Waals surface area contributed by atoms with E-state index in [1.807, 2.05) is 0 Å². The van der Waals surface area contributed by atoms with Gasteiger partial charge in [0.1, 0.15) is 0 Å². The van der Waals surface area contributed by atoms with Crippen molar-refractivity contribution in [2.45, 2.75) is 93.9 Å². The van der Waals surface area contributed by atoms with E-state index in [9.17, 15) is 0 Å². The lowest BCUT2D eigenvalue weighted by Gasteiger charge is -2.50. The third kappa shape index (κ3) is 7.57. The highest BCUT2D eigenvalue weighted by molar-refractivity contribution is 5.61. The van der Waals surface area contributed by atoms with E-state index in [1.54, 1.807) is 33.4 Å². The summed E-state index contributed by atoms with van der Waals surface area (Å²) in [7, 11) is 4.49. The van der Waals surface area contributed by atoms with Gasteiger partial charge in [0.05, 0.1) is 6.04 Å². The number of rotatable bonds is 4. The Labute approximate surface area is 366 Å². The lowest BCUT2D eigenvalue weighted by molar-refractivity contribution is 0.227. The molecule has 3 atom stereocenters. The first kappa shape index (κ1) is 40.1. The van der Waals surface area contributed by atoms with Crippen molar-refractivity contribution in [3.05, 3.63) is 207 Å². The number of piperidine rings is 1. The van der Waals surface area contributed by atoms with E-state index in [2.05, 4.69) is 181 Å². The van der Waals surface area contributed by atoms with Crippen molar-refractivity contribution in [1.29, 1.82) is 0 Å². The van der Waals surface area contributed by atoms with E-state index < -0.39 is 0 Å².